The van der Waals surface area contributed by atoms with Gasteiger partial charge in [-0.25, -0.2) is 0 Å². The third kappa shape index (κ3) is 5.52. The van der Waals surface area contributed by atoms with Gasteiger partial charge in [0.1, 0.15) is 12.4 Å². The Kier molecular flexibility index (Phi) is 5.43. The quantitative estimate of drug-likeness (QED) is 0.615. The fourth-order valence-electron chi connectivity index (χ4n) is 2.34. The summed E-state index contributed by atoms with van der Waals surface area (Å²) < 4.78 is 17.2. The van der Waals surface area contributed by atoms with Gasteiger partial charge in [0, 0.05) is 13.1 Å². The monoisotopic (exact) mass is 310 g/mol. The Bertz CT molecular complexity index is 509. The predicted octanol–water partition coefficient (Wildman–Crippen LogP) is 1.69. The van der Waals surface area contributed by atoms with Crippen molar-refractivity contribution in [3.05, 3.63) is 30.3 Å². The minimum atomic E-state index is -2.03. The van der Waals surface area contributed by atoms with Crippen molar-refractivity contribution in [2.75, 3.05) is 45.9 Å². The summed E-state index contributed by atoms with van der Waals surface area (Å²) in [6.07, 6.45) is 0.605. The molecular weight excluding hydrogens is 287 g/mol. The zero-order chi connectivity index (χ0) is 15.3. The van der Waals surface area contributed by atoms with E-state index in [1.807, 2.05) is 30.3 Å². The molecule has 1 saturated heterocycles. The number of carbonyl (C=O) groups is 1. The molecular formula is C15H23N2O3P. The molecule has 0 spiro atoms. The lowest BCUT2D eigenvalue weighted by Crippen LogP contribution is -2.53. The zero-order valence-corrected chi connectivity index (χ0v) is 13.5. The van der Waals surface area contributed by atoms with Crippen LogP contribution in [0.25, 0.3) is 0 Å². The highest BCUT2D eigenvalue weighted by Crippen LogP contribution is 2.38. The van der Waals surface area contributed by atoms with Gasteiger partial charge < -0.3 is 14.6 Å². The van der Waals surface area contributed by atoms with E-state index in [0.717, 1.165) is 5.75 Å². The highest BCUT2D eigenvalue weighted by molar-refractivity contribution is 7.62. The Balaban J connectivity index is 1.58. The molecule has 0 atom stereocenters. The fourth-order valence-corrected chi connectivity index (χ4v) is 3.53. The first kappa shape index (κ1) is 16.1. The Labute approximate surface area is 126 Å². The number of hydrogen-bond donors (Lipinski definition) is 1. The molecule has 1 aliphatic rings. The number of carbonyl (C=O) groups excluding carboxylic acids is 1. The SMILES string of the molecule is CP(C)(=O)CN1CC(C(=O)NCCOc2ccccc2)C1. The lowest BCUT2D eigenvalue weighted by Gasteiger charge is -2.38. The highest BCUT2D eigenvalue weighted by atomic mass is 31.2. The van der Waals surface area contributed by atoms with E-state index < -0.39 is 7.14 Å². The minimum absolute atomic E-state index is 0.0216. The van der Waals surface area contributed by atoms with Crippen molar-refractivity contribution in [2.45, 2.75) is 0 Å². The second-order valence-corrected chi connectivity index (χ2v) is 9.33. The summed E-state index contributed by atoms with van der Waals surface area (Å²) >= 11 is 0. The Morgan fingerprint density at radius 3 is 2.62 bits per heavy atom. The van der Waals surface area contributed by atoms with E-state index in [-0.39, 0.29) is 11.8 Å². The summed E-state index contributed by atoms with van der Waals surface area (Å²) in [4.78, 5) is 14.0. The van der Waals surface area contributed by atoms with Crippen LogP contribution in [0.1, 0.15) is 0 Å². The number of nitrogens with one attached hydrogen (secondary N) is 1. The molecule has 1 heterocycles. The standard InChI is InChI=1S/C15H23N2O3P/c1-21(2,19)12-17-10-13(11-17)15(18)16-8-9-20-14-6-4-3-5-7-14/h3-7,13H,8-12H2,1-2H3,(H,16,18). The van der Waals surface area contributed by atoms with Crippen LogP contribution in [0.2, 0.25) is 0 Å². The van der Waals surface area contributed by atoms with Crippen LogP contribution in [-0.2, 0) is 9.36 Å². The van der Waals surface area contributed by atoms with Gasteiger partial charge in [0.15, 0.2) is 0 Å². The first-order chi connectivity index (χ1) is 9.94. The van der Waals surface area contributed by atoms with Crippen LogP contribution in [0.15, 0.2) is 30.3 Å². The average molecular weight is 310 g/mol. The molecule has 1 aromatic rings. The van der Waals surface area contributed by atoms with Crippen molar-refractivity contribution >= 4 is 13.0 Å². The van der Waals surface area contributed by atoms with Crippen LogP contribution in [0.5, 0.6) is 5.75 Å². The minimum Gasteiger partial charge on any atom is -0.492 e. The smallest absolute Gasteiger partial charge is 0.225 e. The van der Waals surface area contributed by atoms with Crippen molar-refractivity contribution in [1.82, 2.24) is 10.2 Å². The zero-order valence-electron chi connectivity index (χ0n) is 12.6. The summed E-state index contributed by atoms with van der Waals surface area (Å²) in [6, 6.07) is 9.54. The molecule has 1 fully saturated rings. The van der Waals surface area contributed by atoms with Gasteiger partial charge in [-0.3, -0.25) is 9.69 Å². The van der Waals surface area contributed by atoms with Gasteiger partial charge in [-0.1, -0.05) is 18.2 Å². The number of ether oxygens (including phenoxy) is 1. The number of benzene rings is 1. The normalized spacial score (nSPS) is 16.3. The molecule has 1 N–H and O–H groups in total. The molecule has 21 heavy (non-hydrogen) atoms. The summed E-state index contributed by atoms with van der Waals surface area (Å²) in [5, 5.41) is 2.88. The molecule has 0 aliphatic carbocycles. The van der Waals surface area contributed by atoms with Crippen LogP contribution >= 0.6 is 7.14 Å². The third-order valence-corrected chi connectivity index (χ3v) is 4.36. The maximum atomic E-state index is 11.9. The van der Waals surface area contributed by atoms with Gasteiger partial charge in [-0.05, 0) is 25.5 Å². The number of amides is 1. The summed E-state index contributed by atoms with van der Waals surface area (Å²) in [5.41, 5.74) is 0. The molecule has 6 heteroatoms. The number of nitrogens with zero attached hydrogens (tertiary/aromatic N) is 1. The van der Waals surface area contributed by atoms with Crippen molar-refractivity contribution in [2.24, 2.45) is 5.92 Å². The maximum absolute atomic E-state index is 11.9. The van der Waals surface area contributed by atoms with Crippen LogP contribution in [-0.4, -0.2) is 56.7 Å². The number of para-hydroxylation sites is 1. The van der Waals surface area contributed by atoms with E-state index >= 15 is 0 Å². The Morgan fingerprint density at radius 2 is 2.00 bits per heavy atom. The first-order valence-corrected chi connectivity index (χ1v) is 9.94. The Hall–Kier alpha value is -1.32. The van der Waals surface area contributed by atoms with Gasteiger partial charge in [0.25, 0.3) is 0 Å². The highest BCUT2D eigenvalue weighted by Gasteiger charge is 2.33. The molecule has 1 aliphatic heterocycles. The molecule has 0 saturated carbocycles. The molecule has 116 valence electrons. The molecule has 0 unspecified atom stereocenters. The van der Waals surface area contributed by atoms with E-state index in [1.54, 1.807) is 13.3 Å². The van der Waals surface area contributed by atoms with Crippen molar-refractivity contribution in [3.63, 3.8) is 0 Å². The Morgan fingerprint density at radius 1 is 1.33 bits per heavy atom. The number of rotatable bonds is 7. The molecule has 0 radical (unpaired) electrons. The van der Waals surface area contributed by atoms with E-state index in [4.69, 9.17) is 4.74 Å². The fraction of sp³-hybridized carbons (Fsp3) is 0.533. The third-order valence-electron chi connectivity index (χ3n) is 3.28. The van der Waals surface area contributed by atoms with Crippen molar-refractivity contribution < 1.29 is 14.1 Å². The van der Waals surface area contributed by atoms with Crippen LogP contribution in [0, 0.1) is 5.92 Å². The second-order valence-electron chi connectivity index (χ2n) is 5.90. The van der Waals surface area contributed by atoms with E-state index in [0.29, 0.717) is 32.5 Å². The van der Waals surface area contributed by atoms with E-state index in [9.17, 15) is 9.36 Å². The molecule has 1 aromatic carbocycles. The second kappa shape index (κ2) is 7.10. The predicted molar refractivity (Wildman–Crippen MR) is 84.3 cm³/mol. The number of hydrogen-bond acceptors (Lipinski definition) is 4. The number of likely N-dealkylation sites (tertiary alicyclic amines) is 1. The molecule has 5 nitrogen and oxygen atoms in total. The average Bonchev–Trinajstić information content (AvgIpc) is 2.38. The van der Waals surface area contributed by atoms with Crippen LogP contribution < -0.4 is 10.1 Å². The van der Waals surface area contributed by atoms with E-state index in [2.05, 4.69) is 10.2 Å². The maximum Gasteiger partial charge on any atom is 0.225 e. The van der Waals surface area contributed by atoms with Gasteiger partial charge >= 0.3 is 0 Å². The van der Waals surface area contributed by atoms with Crippen molar-refractivity contribution in [3.8, 4) is 5.75 Å². The summed E-state index contributed by atoms with van der Waals surface area (Å²) in [7, 11) is -2.03. The molecule has 1 amide bonds. The van der Waals surface area contributed by atoms with E-state index in [1.165, 1.54) is 0 Å². The van der Waals surface area contributed by atoms with Crippen LogP contribution in [0.3, 0.4) is 0 Å². The summed E-state index contributed by atoms with van der Waals surface area (Å²) in [5.74, 6) is 0.890. The first-order valence-electron chi connectivity index (χ1n) is 7.16. The van der Waals surface area contributed by atoms with Gasteiger partial charge in [-0.15, -0.1) is 0 Å². The molecule has 2 rings (SSSR count). The lowest BCUT2D eigenvalue weighted by molar-refractivity contribution is -0.129. The van der Waals surface area contributed by atoms with Gasteiger partial charge in [0.2, 0.25) is 5.91 Å². The lowest BCUT2D eigenvalue weighted by atomic mass is 10.0. The largest absolute Gasteiger partial charge is 0.492 e. The summed E-state index contributed by atoms with van der Waals surface area (Å²) in [6.45, 7) is 5.94. The van der Waals surface area contributed by atoms with Gasteiger partial charge in [-0.2, -0.15) is 0 Å². The van der Waals surface area contributed by atoms with Crippen LogP contribution in [0.4, 0.5) is 0 Å². The molecule has 0 aromatic heterocycles. The topological polar surface area (TPSA) is 58.6 Å². The molecule has 0 bridgehead atoms. The van der Waals surface area contributed by atoms with Gasteiger partial charge in [0.05, 0.1) is 25.9 Å². The van der Waals surface area contributed by atoms with Crippen molar-refractivity contribution in [1.29, 1.82) is 0 Å².